The topological polar surface area (TPSA) is 73.9 Å². The first-order valence-electron chi connectivity index (χ1n) is 9.64. The summed E-state index contributed by atoms with van der Waals surface area (Å²) in [6.45, 7) is 2.01. The molecule has 2 aromatic rings. The smallest absolute Gasteiger partial charge is 0.308 e. The van der Waals surface area contributed by atoms with Gasteiger partial charge in [-0.1, -0.05) is 67.6 Å². The van der Waals surface area contributed by atoms with E-state index in [-0.39, 0.29) is 12.1 Å². The third kappa shape index (κ3) is 7.09. The van der Waals surface area contributed by atoms with Crippen molar-refractivity contribution in [2.75, 3.05) is 20.4 Å². The van der Waals surface area contributed by atoms with Crippen LogP contribution in [0.1, 0.15) is 24.5 Å². The molecule has 0 radical (unpaired) electrons. The molecule has 0 bridgehead atoms. The molecule has 0 saturated carbocycles. The number of hydrogen-bond donors (Lipinski definition) is 1. The Morgan fingerprint density at radius 1 is 1.03 bits per heavy atom. The minimum Gasteiger partial charge on any atom is -0.469 e. The van der Waals surface area contributed by atoms with Crippen LogP contribution < -0.4 is 5.48 Å². The van der Waals surface area contributed by atoms with Crippen molar-refractivity contribution in [1.29, 1.82) is 0 Å². The summed E-state index contributed by atoms with van der Waals surface area (Å²) in [6, 6.07) is 19.6. The molecule has 0 aliphatic rings. The molecule has 158 valence electrons. The van der Waals surface area contributed by atoms with Gasteiger partial charge in [-0.15, -0.1) is 0 Å². The lowest BCUT2D eigenvalue weighted by Crippen LogP contribution is -2.45. The Morgan fingerprint density at radius 2 is 1.62 bits per heavy atom. The number of rotatable bonds is 12. The van der Waals surface area contributed by atoms with Gasteiger partial charge in [0.05, 0.1) is 19.6 Å². The summed E-state index contributed by atoms with van der Waals surface area (Å²) in [7, 11) is 0.414. The van der Waals surface area contributed by atoms with Crippen LogP contribution in [0.2, 0.25) is 0 Å². The highest BCUT2D eigenvalue weighted by Gasteiger charge is 2.38. The Hall–Kier alpha value is -1.98. The van der Waals surface area contributed by atoms with E-state index in [2.05, 4.69) is 5.48 Å². The van der Waals surface area contributed by atoms with Gasteiger partial charge in [-0.3, -0.25) is 9.63 Å². The van der Waals surface area contributed by atoms with Crippen molar-refractivity contribution in [2.24, 2.45) is 5.92 Å². The molecule has 1 N–H and O–H groups in total. The van der Waals surface area contributed by atoms with Crippen LogP contribution in [0.15, 0.2) is 60.7 Å². The molecular formula is C22H30NO5P. The summed E-state index contributed by atoms with van der Waals surface area (Å²) in [5.74, 6) is -0.879. The van der Waals surface area contributed by atoms with Crippen molar-refractivity contribution in [1.82, 2.24) is 5.48 Å². The first kappa shape index (κ1) is 23.3. The molecule has 0 amide bonds. The van der Waals surface area contributed by atoms with E-state index >= 15 is 0 Å². The minimum atomic E-state index is -2.42. The van der Waals surface area contributed by atoms with Crippen molar-refractivity contribution >= 4 is 13.8 Å². The number of ether oxygens (including phenoxy) is 2. The van der Waals surface area contributed by atoms with Gasteiger partial charge in [-0.2, -0.15) is 5.48 Å². The summed E-state index contributed by atoms with van der Waals surface area (Å²) in [5, 5.41) is 0. The lowest BCUT2D eigenvalue weighted by Gasteiger charge is -2.33. The van der Waals surface area contributed by atoms with Crippen molar-refractivity contribution in [3.8, 4) is 0 Å². The summed E-state index contributed by atoms with van der Waals surface area (Å²) < 4.78 is 23.8. The van der Waals surface area contributed by atoms with Crippen LogP contribution in [0.4, 0.5) is 0 Å². The molecule has 2 rings (SSSR count). The molecule has 0 heterocycles. The highest BCUT2D eigenvalue weighted by atomic mass is 31.1. The number of carbonyl (C=O) groups is 1. The quantitative estimate of drug-likeness (QED) is 0.243. The fourth-order valence-electron chi connectivity index (χ4n) is 3.01. The Kier molecular flexibility index (Phi) is 9.55. The zero-order chi connectivity index (χ0) is 21.1. The SMILES string of the molecule is COC(=O)C(C)C[PH](=O)C(CCc1ccccc1)(NOCc1ccccc1)OC. The Morgan fingerprint density at radius 3 is 2.17 bits per heavy atom. The predicted octanol–water partition coefficient (Wildman–Crippen LogP) is 4.01. The molecule has 0 saturated heterocycles. The largest absolute Gasteiger partial charge is 0.469 e. The average Bonchev–Trinajstić information content (AvgIpc) is 2.77. The van der Waals surface area contributed by atoms with Gasteiger partial charge in [0.1, 0.15) is 7.80 Å². The minimum absolute atomic E-state index is 0.168. The van der Waals surface area contributed by atoms with Gasteiger partial charge in [0, 0.05) is 19.7 Å². The highest BCUT2D eigenvalue weighted by Crippen LogP contribution is 2.43. The van der Waals surface area contributed by atoms with Gasteiger partial charge in [0.2, 0.25) is 0 Å². The summed E-state index contributed by atoms with van der Waals surface area (Å²) in [5.41, 5.74) is 3.83. The zero-order valence-electron chi connectivity index (χ0n) is 17.2. The first-order valence-corrected chi connectivity index (χ1v) is 11.3. The number of esters is 1. The van der Waals surface area contributed by atoms with Gasteiger partial charge in [-0.25, -0.2) is 0 Å². The molecule has 0 aliphatic carbocycles. The first-order chi connectivity index (χ1) is 14.0. The van der Waals surface area contributed by atoms with Crippen molar-refractivity contribution < 1.29 is 23.7 Å². The molecule has 0 spiro atoms. The predicted molar refractivity (Wildman–Crippen MR) is 114 cm³/mol. The molecule has 29 heavy (non-hydrogen) atoms. The van der Waals surface area contributed by atoms with E-state index in [4.69, 9.17) is 14.3 Å². The van der Waals surface area contributed by atoms with Crippen molar-refractivity contribution in [3.63, 3.8) is 0 Å². The van der Waals surface area contributed by atoms with E-state index in [1.165, 1.54) is 14.2 Å². The second-order valence-electron chi connectivity index (χ2n) is 6.94. The third-order valence-electron chi connectivity index (χ3n) is 4.82. The van der Waals surface area contributed by atoms with E-state index in [0.717, 1.165) is 11.1 Å². The second kappa shape index (κ2) is 11.9. The molecule has 0 fully saturated rings. The fourth-order valence-corrected chi connectivity index (χ4v) is 4.88. The maximum absolute atomic E-state index is 13.3. The normalized spacial score (nSPS) is 15.3. The van der Waals surface area contributed by atoms with Gasteiger partial charge >= 0.3 is 5.97 Å². The lowest BCUT2D eigenvalue weighted by molar-refractivity contribution is -0.144. The number of aryl methyl sites for hydroxylation is 1. The van der Waals surface area contributed by atoms with Crippen LogP contribution in [-0.2, 0) is 36.7 Å². The van der Waals surface area contributed by atoms with Crippen LogP contribution in [0.25, 0.3) is 0 Å². The monoisotopic (exact) mass is 419 g/mol. The Labute approximate surface area is 173 Å². The maximum atomic E-state index is 13.3. The lowest BCUT2D eigenvalue weighted by atomic mass is 10.1. The summed E-state index contributed by atoms with van der Waals surface area (Å²) >= 11 is 0. The van der Waals surface area contributed by atoms with Gasteiger partial charge in [-0.05, 0) is 17.5 Å². The Bertz CT molecular complexity index is 771. The molecule has 3 unspecified atom stereocenters. The van der Waals surface area contributed by atoms with Crippen LogP contribution >= 0.6 is 7.80 Å². The maximum Gasteiger partial charge on any atom is 0.308 e. The van der Waals surface area contributed by atoms with Crippen LogP contribution in [0.3, 0.4) is 0 Å². The molecule has 7 heteroatoms. The van der Waals surface area contributed by atoms with Crippen molar-refractivity contribution in [2.45, 2.75) is 31.8 Å². The number of benzene rings is 2. The van der Waals surface area contributed by atoms with Gasteiger partial charge in [0.25, 0.3) is 0 Å². The molecule has 3 atom stereocenters. The van der Waals surface area contributed by atoms with Crippen LogP contribution in [0, 0.1) is 5.92 Å². The zero-order valence-corrected chi connectivity index (χ0v) is 18.2. The summed E-state index contributed by atoms with van der Waals surface area (Å²) in [4.78, 5) is 17.5. The number of hydroxylamine groups is 1. The van der Waals surface area contributed by atoms with E-state index in [0.29, 0.717) is 19.4 Å². The van der Waals surface area contributed by atoms with E-state index < -0.39 is 19.2 Å². The number of methoxy groups -OCH3 is 2. The van der Waals surface area contributed by atoms with Gasteiger partial charge in [0.15, 0.2) is 5.47 Å². The summed E-state index contributed by atoms with van der Waals surface area (Å²) in [6.07, 6.45) is 1.26. The molecule has 6 nitrogen and oxygen atoms in total. The van der Waals surface area contributed by atoms with E-state index in [1.807, 2.05) is 60.7 Å². The average molecular weight is 419 g/mol. The van der Waals surface area contributed by atoms with Crippen LogP contribution in [-0.4, -0.2) is 31.8 Å². The fraction of sp³-hybridized carbons (Fsp3) is 0.409. The molecule has 2 aromatic carbocycles. The number of nitrogens with one attached hydrogen (secondary N) is 1. The number of carbonyl (C=O) groups excluding carboxylic acids is 1. The van der Waals surface area contributed by atoms with Crippen molar-refractivity contribution in [3.05, 3.63) is 71.8 Å². The van der Waals surface area contributed by atoms with Gasteiger partial charge < -0.3 is 14.0 Å². The second-order valence-corrected chi connectivity index (χ2v) is 9.01. The Balaban J connectivity index is 2.11. The molecule has 0 aliphatic heterocycles. The van der Waals surface area contributed by atoms with E-state index in [9.17, 15) is 9.36 Å². The van der Waals surface area contributed by atoms with Crippen LogP contribution in [0.5, 0.6) is 0 Å². The molecular weight excluding hydrogens is 389 g/mol. The number of hydrogen-bond acceptors (Lipinski definition) is 6. The standard InChI is InChI=1S/C22H30NO5P/c1-18(21(24)26-2)17-29(25)22(27-3,15-14-19-10-6-4-7-11-19)23-28-16-20-12-8-5-9-13-20/h4-13,18,23,29H,14-17H2,1-3H3. The highest BCUT2D eigenvalue weighted by molar-refractivity contribution is 7.46. The van der Waals surface area contributed by atoms with E-state index in [1.54, 1.807) is 6.92 Å². The molecule has 0 aromatic heterocycles. The third-order valence-corrected chi connectivity index (χ3v) is 7.26.